The lowest BCUT2D eigenvalue weighted by atomic mass is 10.1. The van der Waals surface area contributed by atoms with Crippen molar-refractivity contribution in [3.63, 3.8) is 0 Å². The topological polar surface area (TPSA) is 72.6 Å². The van der Waals surface area contributed by atoms with Crippen LogP contribution in [0.4, 0.5) is 0 Å². The third-order valence-electron chi connectivity index (χ3n) is 3.34. The minimum absolute atomic E-state index is 0.177. The van der Waals surface area contributed by atoms with E-state index in [9.17, 15) is 4.79 Å². The van der Waals surface area contributed by atoms with Crippen molar-refractivity contribution in [2.24, 2.45) is 0 Å². The first-order valence-corrected chi connectivity index (χ1v) is 7.08. The number of nitrogens with zero attached hydrogens (tertiary/aromatic N) is 1. The van der Waals surface area contributed by atoms with Crippen molar-refractivity contribution in [3.05, 3.63) is 60.0 Å². The van der Waals surface area contributed by atoms with E-state index in [1.54, 1.807) is 19.3 Å². The monoisotopic (exact) mass is 309 g/mol. The summed E-state index contributed by atoms with van der Waals surface area (Å²) >= 11 is 0. The molecule has 0 spiro atoms. The van der Waals surface area contributed by atoms with Gasteiger partial charge in [-0.1, -0.05) is 24.3 Å². The Balaban J connectivity index is 2.05. The van der Waals surface area contributed by atoms with Crippen LogP contribution in [0.25, 0.3) is 22.7 Å². The number of fused-ring (bicyclic) bond motifs is 1. The highest BCUT2D eigenvalue weighted by Gasteiger charge is 2.14. The molecule has 5 heteroatoms. The molecule has 23 heavy (non-hydrogen) atoms. The van der Waals surface area contributed by atoms with Gasteiger partial charge in [0, 0.05) is 5.57 Å². The van der Waals surface area contributed by atoms with Crippen molar-refractivity contribution in [3.8, 4) is 5.75 Å². The molecule has 0 atom stereocenters. The van der Waals surface area contributed by atoms with Crippen molar-refractivity contribution in [2.75, 3.05) is 7.11 Å². The number of rotatable bonds is 5. The van der Waals surface area contributed by atoms with Gasteiger partial charge in [-0.05, 0) is 35.9 Å². The number of ether oxygens (including phenoxy) is 1. The Kier molecular flexibility index (Phi) is 4.10. The van der Waals surface area contributed by atoms with E-state index in [0.717, 1.165) is 5.56 Å². The van der Waals surface area contributed by atoms with Gasteiger partial charge in [0.15, 0.2) is 5.58 Å². The standard InChI is InChI=1S/C18H15NO4/c1-22-14-6-4-5-12(10-14)9-13(11-17(20)21)18-19-15-7-2-3-8-16(15)23-18/h2-10H,11H2,1H3,(H,20,21)/b13-9-. The highest BCUT2D eigenvalue weighted by Crippen LogP contribution is 2.26. The lowest BCUT2D eigenvalue weighted by Gasteiger charge is -2.03. The summed E-state index contributed by atoms with van der Waals surface area (Å²) in [7, 11) is 1.59. The smallest absolute Gasteiger partial charge is 0.308 e. The van der Waals surface area contributed by atoms with Crippen LogP contribution >= 0.6 is 0 Å². The van der Waals surface area contributed by atoms with Gasteiger partial charge in [0.05, 0.1) is 13.5 Å². The van der Waals surface area contributed by atoms with E-state index in [4.69, 9.17) is 14.3 Å². The van der Waals surface area contributed by atoms with Crippen LogP contribution in [0.3, 0.4) is 0 Å². The number of methoxy groups -OCH3 is 1. The lowest BCUT2D eigenvalue weighted by molar-refractivity contribution is -0.135. The lowest BCUT2D eigenvalue weighted by Crippen LogP contribution is -1.97. The zero-order chi connectivity index (χ0) is 16.2. The molecule has 0 saturated carbocycles. The van der Waals surface area contributed by atoms with Crippen LogP contribution in [-0.2, 0) is 4.79 Å². The fourth-order valence-corrected chi connectivity index (χ4v) is 2.29. The minimum atomic E-state index is -0.943. The molecule has 116 valence electrons. The van der Waals surface area contributed by atoms with Crippen LogP contribution in [0.2, 0.25) is 0 Å². The van der Waals surface area contributed by atoms with Gasteiger partial charge in [0.25, 0.3) is 0 Å². The Labute approximate surface area is 132 Å². The molecule has 0 amide bonds. The summed E-state index contributed by atoms with van der Waals surface area (Å²) in [5, 5.41) is 9.16. The van der Waals surface area contributed by atoms with Crippen LogP contribution < -0.4 is 4.74 Å². The van der Waals surface area contributed by atoms with E-state index < -0.39 is 5.97 Å². The maximum absolute atomic E-state index is 11.2. The maximum Gasteiger partial charge on any atom is 0.308 e. The quantitative estimate of drug-likeness (QED) is 0.775. The summed E-state index contributed by atoms with van der Waals surface area (Å²) in [6.07, 6.45) is 1.57. The molecule has 0 aliphatic rings. The summed E-state index contributed by atoms with van der Waals surface area (Å²) in [5.41, 5.74) is 2.65. The van der Waals surface area contributed by atoms with Crippen LogP contribution in [0.5, 0.6) is 5.75 Å². The average molecular weight is 309 g/mol. The van der Waals surface area contributed by atoms with Crippen molar-refractivity contribution in [1.29, 1.82) is 0 Å². The second-order valence-corrected chi connectivity index (χ2v) is 5.00. The van der Waals surface area contributed by atoms with Crippen molar-refractivity contribution in [2.45, 2.75) is 6.42 Å². The zero-order valence-corrected chi connectivity index (χ0v) is 12.5. The molecule has 3 rings (SSSR count). The van der Waals surface area contributed by atoms with E-state index in [1.807, 2.05) is 42.5 Å². The number of para-hydroxylation sites is 2. The van der Waals surface area contributed by atoms with Gasteiger partial charge in [-0.15, -0.1) is 0 Å². The number of carboxylic acids is 1. The highest BCUT2D eigenvalue weighted by molar-refractivity contribution is 5.91. The number of aromatic nitrogens is 1. The minimum Gasteiger partial charge on any atom is -0.497 e. The molecular weight excluding hydrogens is 294 g/mol. The number of carbonyl (C=O) groups is 1. The highest BCUT2D eigenvalue weighted by atomic mass is 16.5. The van der Waals surface area contributed by atoms with Gasteiger partial charge in [-0.25, -0.2) is 4.98 Å². The molecule has 5 nitrogen and oxygen atoms in total. The predicted molar refractivity (Wildman–Crippen MR) is 87.1 cm³/mol. The first-order chi connectivity index (χ1) is 11.2. The number of hydrogen-bond donors (Lipinski definition) is 1. The molecule has 0 aliphatic heterocycles. The molecule has 2 aromatic carbocycles. The van der Waals surface area contributed by atoms with E-state index in [0.29, 0.717) is 28.3 Å². The third kappa shape index (κ3) is 3.40. The van der Waals surface area contributed by atoms with E-state index in [1.165, 1.54) is 0 Å². The van der Waals surface area contributed by atoms with Crippen LogP contribution in [-0.4, -0.2) is 23.2 Å². The number of hydrogen-bond acceptors (Lipinski definition) is 4. The molecule has 0 radical (unpaired) electrons. The second kappa shape index (κ2) is 6.36. The molecule has 0 bridgehead atoms. The second-order valence-electron chi connectivity index (χ2n) is 5.00. The SMILES string of the molecule is COc1cccc(/C=C(/CC(=O)O)c2nc3ccccc3o2)c1. The molecule has 0 saturated heterocycles. The summed E-state index contributed by atoms with van der Waals surface area (Å²) in [5.74, 6) is 0.0730. The molecule has 1 N–H and O–H groups in total. The summed E-state index contributed by atoms with van der Waals surface area (Å²) in [6, 6.07) is 14.7. The van der Waals surface area contributed by atoms with Crippen LogP contribution in [0.1, 0.15) is 17.9 Å². The first kappa shape index (κ1) is 14.8. The van der Waals surface area contributed by atoms with Crippen LogP contribution in [0.15, 0.2) is 52.9 Å². The van der Waals surface area contributed by atoms with Gasteiger partial charge in [-0.3, -0.25) is 4.79 Å². The normalized spacial score (nSPS) is 11.6. The van der Waals surface area contributed by atoms with Gasteiger partial charge in [-0.2, -0.15) is 0 Å². The fourth-order valence-electron chi connectivity index (χ4n) is 2.29. The molecule has 3 aromatic rings. The van der Waals surface area contributed by atoms with Crippen molar-refractivity contribution < 1.29 is 19.1 Å². The van der Waals surface area contributed by atoms with E-state index in [-0.39, 0.29) is 6.42 Å². The van der Waals surface area contributed by atoms with Crippen LogP contribution in [0, 0.1) is 0 Å². The number of benzene rings is 2. The van der Waals surface area contributed by atoms with E-state index >= 15 is 0 Å². The Morgan fingerprint density at radius 1 is 1.26 bits per heavy atom. The fraction of sp³-hybridized carbons (Fsp3) is 0.111. The van der Waals surface area contributed by atoms with Crippen molar-refractivity contribution >= 4 is 28.7 Å². The Morgan fingerprint density at radius 2 is 2.09 bits per heavy atom. The molecule has 0 unspecified atom stereocenters. The predicted octanol–water partition coefficient (Wildman–Crippen LogP) is 3.85. The number of aliphatic carboxylic acids is 1. The average Bonchev–Trinajstić information content (AvgIpc) is 2.98. The Bertz CT molecular complexity index is 846. The third-order valence-corrected chi connectivity index (χ3v) is 3.34. The van der Waals surface area contributed by atoms with Crippen molar-refractivity contribution in [1.82, 2.24) is 4.98 Å². The van der Waals surface area contributed by atoms with Gasteiger partial charge in [0.1, 0.15) is 11.3 Å². The number of oxazole rings is 1. The summed E-state index contributed by atoms with van der Waals surface area (Å²) in [6.45, 7) is 0. The first-order valence-electron chi connectivity index (χ1n) is 7.08. The molecule has 0 aliphatic carbocycles. The molecular formula is C18H15NO4. The number of carboxylic acid groups (broad SMARTS) is 1. The van der Waals surface area contributed by atoms with Gasteiger partial charge >= 0.3 is 5.97 Å². The summed E-state index contributed by atoms with van der Waals surface area (Å²) < 4.78 is 10.9. The maximum atomic E-state index is 11.2. The van der Waals surface area contributed by atoms with Gasteiger partial charge in [0.2, 0.25) is 5.89 Å². The molecule has 1 aromatic heterocycles. The molecule has 0 fully saturated rings. The van der Waals surface area contributed by atoms with Gasteiger partial charge < -0.3 is 14.3 Å². The molecule has 1 heterocycles. The summed E-state index contributed by atoms with van der Waals surface area (Å²) in [4.78, 5) is 15.6. The Morgan fingerprint density at radius 3 is 2.83 bits per heavy atom. The largest absolute Gasteiger partial charge is 0.497 e. The zero-order valence-electron chi connectivity index (χ0n) is 12.5. The van der Waals surface area contributed by atoms with E-state index in [2.05, 4.69) is 4.98 Å². The Hall–Kier alpha value is -3.08.